The minimum Gasteiger partial charge on any atom is -0.338 e. The summed E-state index contributed by atoms with van der Waals surface area (Å²) in [5.74, 6) is 1.74. The van der Waals surface area contributed by atoms with Gasteiger partial charge in [-0.3, -0.25) is 9.88 Å². The summed E-state index contributed by atoms with van der Waals surface area (Å²) in [6, 6.07) is 5.38. The fourth-order valence-corrected chi connectivity index (χ4v) is 4.83. The standard InChI is InChI=1S/C16H18BrN5S/c17-11-3-4-12(18-6-11)7-21-8-13-5-14(9-21)22(13)16-19-15(20-23-16)10-1-2-10/h3-4,6,10,13-14H,1-2,5,7-9H2. The molecular formula is C16H18BrN5S. The maximum atomic E-state index is 4.79. The third-order valence-electron chi connectivity index (χ3n) is 5.04. The van der Waals surface area contributed by atoms with Crippen LogP contribution in [-0.2, 0) is 6.54 Å². The van der Waals surface area contributed by atoms with Crippen LogP contribution in [0.5, 0.6) is 0 Å². The fourth-order valence-electron chi connectivity index (χ4n) is 3.71. The number of piperidine rings is 1. The normalized spacial score (nSPS) is 27.1. The minimum atomic E-state index is 0.601. The van der Waals surface area contributed by atoms with Crippen molar-refractivity contribution in [3.8, 4) is 0 Å². The minimum absolute atomic E-state index is 0.601. The van der Waals surface area contributed by atoms with Crippen molar-refractivity contribution in [2.75, 3.05) is 18.0 Å². The van der Waals surface area contributed by atoms with Crippen molar-refractivity contribution in [2.45, 2.75) is 43.8 Å². The van der Waals surface area contributed by atoms with Crippen LogP contribution in [0.15, 0.2) is 22.8 Å². The summed E-state index contributed by atoms with van der Waals surface area (Å²) in [4.78, 5) is 14.3. The topological polar surface area (TPSA) is 45.2 Å². The molecule has 2 aromatic rings. The van der Waals surface area contributed by atoms with Crippen LogP contribution in [0.2, 0.25) is 0 Å². The highest BCUT2D eigenvalue weighted by Gasteiger charge is 2.46. The molecule has 6 rings (SSSR count). The lowest BCUT2D eigenvalue weighted by molar-refractivity contribution is 0.107. The first-order chi connectivity index (χ1) is 11.3. The summed E-state index contributed by atoms with van der Waals surface area (Å²) in [6.07, 6.45) is 5.73. The van der Waals surface area contributed by atoms with Crippen molar-refractivity contribution in [1.29, 1.82) is 0 Å². The molecule has 2 atom stereocenters. The Morgan fingerprint density at radius 3 is 2.74 bits per heavy atom. The summed E-state index contributed by atoms with van der Waals surface area (Å²) < 4.78 is 5.60. The second-order valence-corrected chi connectivity index (χ2v) is 8.47. The van der Waals surface area contributed by atoms with Gasteiger partial charge in [0.15, 0.2) is 0 Å². The number of fused-ring (bicyclic) bond motifs is 2. The Morgan fingerprint density at radius 1 is 1.22 bits per heavy atom. The summed E-state index contributed by atoms with van der Waals surface area (Å²) in [5, 5.41) is 1.15. The average Bonchev–Trinajstić information content (AvgIpc) is 3.30. The van der Waals surface area contributed by atoms with Crippen LogP contribution < -0.4 is 4.90 Å². The zero-order valence-electron chi connectivity index (χ0n) is 12.7. The number of piperazine rings is 1. The zero-order chi connectivity index (χ0) is 15.4. The molecule has 2 bridgehead atoms. The van der Waals surface area contributed by atoms with E-state index >= 15 is 0 Å². The molecule has 2 aromatic heterocycles. The SMILES string of the molecule is Brc1ccc(CN2CC3CC(C2)N3c2nc(C3CC3)ns2)nc1. The van der Waals surface area contributed by atoms with Crippen LogP contribution in [0.1, 0.15) is 36.7 Å². The van der Waals surface area contributed by atoms with E-state index in [-0.39, 0.29) is 0 Å². The van der Waals surface area contributed by atoms with Crippen LogP contribution in [0.4, 0.5) is 5.13 Å². The van der Waals surface area contributed by atoms with Gasteiger partial charge in [-0.05, 0) is 47.3 Å². The molecule has 1 saturated carbocycles. The van der Waals surface area contributed by atoms with Gasteiger partial charge in [-0.15, -0.1) is 0 Å². The Labute approximate surface area is 148 Å². The van der Waals surface area contributed by atoms with Crippen molar-refractivity contribution < 1.29 is 0 Å². The van der Waals surface area contributed by atoms with Crippen molar-refractivity contribution in [3.05, 3.63) is 34.3 Å². The lowest BCUT2D eigenvalue weighted by Gasteiger charge is -2.56. The predicted molar refractivity (Wildman–Crippen MR) is 93.8 cm³/mol. The van der Waals surface area contributed by atoms with Crippen LogP contribution in [0.3, 0.4) is 0 Å². The summed E-state index contributed by atoms with van der Waals surface area (Å²) in [7, 11) is 0. The first kappa shape index (κ1) is 14.3. The molecule has 5 heterocycles. The number of hydrogen-bond donors (Lipinski definition) is 0. The lowest BCUT2D eigenvalue weighted by atomic mass is 9.88. The Balaban J connectivity index is 1.25. The van der Waals surface area contributed by atoms with E-state index in [2.05, 4.69) is 47.2 Å². The molecule has 2 unspecified atom stereocenters. The van der Waals surface area contributed by atoms with Gasteiger partial charge in [0, 0.05) is 59.8 Å². The molecule has 3 saturated heterocycles. The highest BCUT2D eigenvalue weighted by Crippen LogP contribution is 2.42. The molecular weight excluding hydrogens is 374 g/mol. The molecule has 1 aliphatic carbocycles. The van der Waals surface area contributed by atoms with Crippen LogP contribution in [0.25, 0.3) is 0 Å². The maximum absolute atomic E-state index is 4.79. The Hall–Kier alpha value is -1.05. The molecule has 4 aliphatic rings. The molecule has 5 nitrogen and oxygen atoms in total. The number of hydrogen-bond acceptors (Lipinski definition) is 6. The first-order valence-electron chi connectivity index (χ1n) is 8.21. The number of nitrogens with zero attached hydrogens (tertiary/aromatic N) is 5. The highest BCUT2D eigenvalue weighted by atomic mass is 79.9. The van der Waals surface area contributed by atoms with Gasteiger partial charge in [-0.2, -0.15) is 4.37 Å². The third kappa shape index (κ3) is 2.68. The van der Waals surface area contributed by atoms with Gasteiger partial charge in [0.25, 0.3) is 0 Å². The number of anilines is 1. The molecule has 4 fully saturated rings. The van der Waals surface area contributed by atoms with E-state index < -0.39 is 0 Å². The van der Waals surface area contributed by atoms with Crippen molar-refractivity contribution >= 4 is 32.6 Å². The average molecular weight is 392 g/mol. The lowest BCUT2D eigenvalue weighted by Crippen LogP contribution is -2.68. The maximum Gasteiger partial charge on any atom is 0.205 e. The predicted octanol–water partition coefficient (Wildman–Crippen LogP) is 3.04. The van der Waals surface area contributed by atoms with E-state index in [9.17, 15) is 0 Å². The van der Waals surface area contributed by atoms with Gasteiger partial charge in [-0.25, -0.2) is 4.98 Å². The summed E-state index contributed by atoms with van der Waals surface area (Å²) in [5.41, 5.74) is 1.15. The molecule has 0 aromatic carbocycles. The van der Waals surface area contributed by atoms with Gasteiger partial charge >= 0.3 is 0 Å². The van der Waals surface area contributed by atoms with E-state index in [1.54, 1.807) is 11.5 Å². The largest absolute Gasteiger partial charge is 0.338 e. The second-order valence-electron chi connectivity index (χ2n) is 6.82. The Kier molecular flexibility index (Phi) is 3.42. The number of aromatic nitrogens is 3. The molecule has 0 radical (unpaired) electrons. The van der Waals surface area contributed by atoms with Crippen LogP contribution in [0, 0.1) is 0 Å². The third-order valence-corrected chi connectivity index (χ3v) is 6.25. The van der Waals surface area contributed by atoms with Crippen molar-refractivity contribution in [1.82, 2.24) is 19.2 Å². The fraction of sp³-hybridized carbons (Fsp3) is 0.562. The first-order valence-corrected chi connectivity index (χ1v) is 9.77. The van der Waals surface area contributed by atoms with E-state index in [0.29, 0.717) is 18.0 Å². The molecule has 120 valence electrons. The molecule has 23 heavy (non-hydrogen) atoms. The molecule has 7 heteroatoms. The van der Waals surface area contributed by atoms with Gasteiger partial charge < -0.3 is 4.90 Å². The van der Waals surface area contributed by atoms with Crippen molar-refractivity contribution in [3.63, 3.8) is 0 Å². The quantitative estimate of drug-likeness (QED) is 0.801. The molecule has 0 N–H and O–H groups in total. The molecule has 0 amide bonds. The monoisotopic (exact) mass is 391 g/mol. The van der Waals surface area contributed by atoms with Gasteiger partial charge in [0.2, 0.25) is 5.13 Å². The molecule has 0 spiro atoms. The Morgan fingerprint density at radius 2 is 2.04 bits per heavy atom. The van der Waals surface area contributed by atoms with Crippen molar-refractivity contribution in [2.24, 2.45) is 0 Å². The highest BCUT2D eigenvalue weighted by molar-refractivity contribution is 9.10. The summed E-state index contributed by atoms with van der Waals surface area (Å²) in [6.45, 7) is 3.15. The second kappa shape index (κ2) is 5.50. The number of halogens is 1. The van der Waals surface area contributed by atoms with E-state index in [4.69, 9.17) is 4.98 Å². The van der Waals surface area contributed by atoms with E-state index in [0.717, 1.165) is 40.8 Å². The summed E-state index contributed by atoms with van der Waals surface area (Å²) >= 11 is 5.04. The van der Waals surface area contributed by atoms with Crippen LogP contribution in [-0.4, -0.2) is 44.4 Å². The Bertz CT molecular complexity index is 702. The van der Waals surface area contributed by atoms with Gasteiger partial charge in [0.05, 0.1) is 5.69 Å². The van der Waals surface area contributed by atoms with E-state index in [1.807, 2.05) is 6.20 Å². The van der Waals surface area contributed by atoms with Crippen LogP contribution >= 0.6 is 27.5 Å². The smallest absolute Gasteiger partial charge is 0.205 e. The van der Waals surface area contributed by atoms with Gasteiger partial charge in [0.1, 0.15) is 5.82 Å². The van der Waals surface area contributed by atoms with Gasteiger partial charge in [-0.1, -0.05) is 0 Å². The zero-order valence-corrected chi connectivity index (χ0v) is 15.1. The number of rotatable bonds is 4. The van der Waals surface area contributed by atoms with E-state index in [1.165, 1.54) is 19.3 Å². The molecule has 3 aliphatic heterocycles. The number of pyridine rings is 1.